The van der Waals surface area contributed by atoms with Gasteiger partial charge in [-0.05, 0) is 31.1 Å². The normalized spacial score (nSPS) is 35.4. The molecule has 0 aromatic carbocycles. The van der Waals surface area contributed by atoms with Crippen LogP contribution in [0, 0.1) is 11.8 Å². The van der Waals surface area contributed by atoms with Crippen LogP contribution in [0.25, 0.3) is 0 Å². The molecule has 4 nitrogen and oxygen atoms in total. The van der Waals surface area contributed by atoms with Gasteiger partial charge in [0.1, 0.15) is 0 Å². The Hall–Kier alpha value is -0.900. The van der Waals surface area contributed by atoms with E-state index in [1.54, 1.807) is 0 Å². The molecule has 0 radical (unpaired) electrons. The maximum absolute atomic E-state index is 5.45. The highest BCUT2D eigenvalue weighted by Gasteiger charge is 2.42. The minimum absolute atomic E-state index is 0.379. The lowest BCUT2D eigenvalue weighted by Gasteiger charge is -2.16. The van der Waals surface area contributed by atoms with Gasteiger partial charge in [0.05, 0.1) is 6.54 Å². The van der Waals surface area contributed by atoms with Gasteiger partial charge in [-0.25, -0.2) is 0 Å². The first-order valence-electron chi connectivity index (χ1n) is 5.39. The highest BCUT2D eigenvalue weighted by molar-refractivity contribution is 5.04. The number of nitrogens with two attached hydrogens (primary N) is 1. The third-order valence-electron chi connectivity index (χ3n) is 3.72. The van der Waals surface area contributed by atoms with Crippen molar-refractivity contribution >= 4 is 0 Å². The Bertz CT molecular complexity index is 336. The van der Waals surface area contributed by atoms with Crippen molar-refractivity contribution in [3.8, 4) is 0 Å². The van der Waals surface area contributed by atoms with Gasteiger partial charge in [0.25, 0.3) is 0 Å². The molecule has 14 heavy (non-hydrogen) atoms. The monoisotopic (exact) mass is 193 g/mol. The molecule has 1 aromatic rings. The summed E-state index contributed by atoms with van der Waals surface area (Å²) in [6.07, 6.45) is 5.36. The van der Waals surface area contributed by atoms with Crippen molar-refractivity contribution in [2.45, 2.75) is 38.1 Å². The molecular formula is C10H15N3O. The number of nitrogens with zero attached hydrogens (tertiary/aromatic N) is 2. The number of fused-ring (bicyclic) bond motifs is 2. The quantitative estimate of drug-likeness (QED) is 0.771. The largest absolute Gasteiger partial charge is 0.339 e. The lowest BCUT2D eigenvalue weighted by molar-refractivity contribution is 0.300. The van der Waals surface area contributed by atoms with Crippen LogP contribution in [0.3, 0.4) is 0 Å². The fourth-order valence-corrected chi connectivity index (χ4v) is 3.05. The van der Waals surface area contributed by atoms with Gasteiger partial charge in [0.15, 0.2) is 5.82 Å². The molecule has 1 heterocycles. The van der Waals surface area contributed by atoms with Gasteiger partial charge in [0, 0.05) is 5.92 Å². The molecule has 3 rings (SSSR count). The Morgan fingerprint density at radius 3 is 2.86 bits per heavy atom. The van der Waals surface area contributed by atoms with E-state index >= 15 is 0 Å². The van der Waals surface area contributed by atoms with E-state index in [0.717, 1.165) is 17.7 Å². The second-order valence-electron chi connectivity index (χ2n) is 4.53. The van der Waals surface area contributed by atoms with Crippen molar-refractivity contribution in [1.29, 1.82) is 0 Å². The van der Waals surface area contributed by atoms with Crippen LogP contribution >= 0.6 is 0 Å². The maximum atomic E-state index is 5.45. The zero-order valence-electron chi connectivity index (χ0n) is 8.15. The van der Waals surface area contributed by atoms with Gasteiger partial charge in [-0.2, -0.15) is 4.98 Å². The summed E-state index contributed by atoms with van der Waals surface area (Å²) in [6, 6.07) is 0. The number of rotatable bonds is 2. The highest BCUT2D eigenvalue weighted by atomic mass is 16.5. The molecule has 0 aliphatic heterocycles. The smallest absolute Gasteiger partial charge is 0.230 e. The van der Waals surface area contributed by atoms with Gasteiger partial charge in [-0.15, -0.1) is 0 Å². The predicted molar refractivity (Wildman–Crippen MR) is 50.4 cm³/mol. The summed E-state index contributed by atoms with van der Waals surface area (Å²) in [5, 5.41) is 3.85. The van der Waals surface area contributed by atoms with Crippen molar-refractivity contribution < 1.29 is 4.52 Å². The summed E-state index contributed by atoms with van der Waals surface area (Å²) in [5.41, 5.74) is 5.45. The van der Waals surface area contributed by atoms with Crippen molar-refractivity contribution in [1.82, 2.24) is 10.1 Å². The SMILES string of the molecule is NCc1noc(C2CC3CCC2C3)n1. The fraction of sp³-hybridized carbons (Fsp3) is 0.800. The van der Waals surface area contributed by atoms with Crippen LogP contribution in [0.2, 0.25) is 0 Å². The Kier molecular flexibility index (Phi) is 1.83. The molecule has 2 fully saturated rings. The van der Waals surface area contributed by atoms with Gasteiger partial charge in [0.2, 0.25) is 5.89 Å². The topological polar surface area (TPSA) is 64.9 Å². The Morgan fingerprint density at radius 1 is 1.36 bits per heavy atom. The molecule has 0 spiro atoms. The first kappa shape index (κ1) is 8.41. The van der Waals surface area contributed by atoms with Crippen molar-refractivity contribution in [2.75, 3.05) is 0 Å². The predicted octanol–water partition coefficient (Wildman–Crippen LogP) is 1.43. The summed E-state index contributed by atoms with van der Waals surface area (Å²) in [6.45, 7) is 0.379. The lowest BCUT2D eigenvalue weighted by Crippen LogP contribution is -2.09. The molecule has 2 N–H and O–H groups in total. The average Bonchev–Trinajstić information content (AvgIpc) is 2.93. The van der Waals surface area contributed by atoms with E-state index in [4.69, 9.17) is 10.3 Å². The first-order chi connectivity index (χ1) is 6.86. The zero-order chi connectivity index (χ0) is 9.54. The van der Waals surface area contributed by atoms with Crippen molar-refractivity contribution in [3.63, 3.8) is 0 Å². The van der Waals surface area contributed by atoms with Gasteiger partial charge < -0.3 is 10.3 Å². The Balaban J connectivity index is 1.82. The first-order valence-corrected chi connectivity index (χ1v) is 5.39. The highest BCUT2D eigenvalue weighted by Crippen LogP contribution is 2.52. The molecule has 2 aliphatic rings. The lowest BCUT2D eigenvalue weighted by atomic mass is 9.89. The molecule has 1 aromatic heterocycles. The van der Waals surface area contributed by atoms with Crippen molar-refractivity contribution in [3.05, 3.63) is 11.7 Å². The Labute approximate surface area is 82.9 Å². The van der Waals surface area contributed by atoms with E-state index in [9.17, 15) is 0 Å². The molecule has 0 amide bonds. The summed E-state index contributed by atoms with van der Waals surface area (Å²) < 4.78 is 5.25. The van der Waals surface area contributed by atoms with Crippen LogP contribution in [0.4, 0.5) is 0 Å². The van der Waals surface area contributed by atoms with Crippen LogP contribution in [-0.2, 0) is 6.54 Å². The number of hydrogen-bond acceptors (Lipinski definition) is 4. The van der Waals surface area contributed by atoms with E-state index in [2.05, 4.69) is 10.1 Å². The summed E-state index contributed by atoms with van der Waals surface area (Å²) in [7, 11) is 0. The fourth-order valence-electron chi connectivity index (χ4n) is 3.05. The zero-order valence-corrected chi connectivity index (χ0v) is 8.15. The Morgan fingerprint density at radius 2 is 2.29 bits per heavy atom. The van der Waals surface area contributed by atoms with E-state index in [0.29, 0.717) is 18.3 Å². The number of aromatic nitrogens is 2. The van der Waals surface area contributed by atoms with Crippen molar-refractivity contribution in [2.24, 2.45) is 17.6 Å². The second-order valence-corrected chi connectivity index (χ2v) is 4.53. The molecule has 0 saturated heterocycles. The molecular weight excluding hydrogens is 178 g/mol. The van der Waals surface area contributed by atoms with Crippen LogP contribution in [0.5, 0.6) is 0 Å². The van der Waals surface area contributed by atoms with E-state index in [-0.39, 0.29) is 0 Å². The standard InChI is InChI=1S/C10H15N3O/c11-5-9-12-10(14-13-9)8-4-6-1-2-7(8)3-6/h6-8H,1-5,11H2. The van der Waals surface area contributed by atoms with Crippen LogP contribution in [0.15, 0.2) is 4.52 Å². The molecule has 4 heteroatoms. The summed E-state index contributed by atoms with van der Waals surface area (Å²) in [4.78, 5) is 4.33. The second kappa shape index (κ2) is 3.05. The number of hydrogen-bond donors (Lipinski definition) is 1. The van der Waals surface area contributed by atoms with E-state index in [1.165, 1.54) is 25.7 Å². The van der Waals surface area contributed by atoms with Crippen LogP contribution in [-0.4, -0.2) is 10.1 Å². The minimum Gasteiger partial charge on any atom is -0.339 e. The average molecular weight is 193 g/mol. The molecule has 2 saturated carbocycles. The molecule has 76 valence electrons. The molecule has 3 unspecified atom stereocenters. The van der Waals surface area contributed by atoms with Gasteiger partial charge in [-0.1, -0.05) is 11.6 Å². The summed E-state index contributed by atoms with van der Waals surface area (Å²) in [5.74, 6) is 3.71. The van der Waals surface area contributed by atoms with Crippen LogP contribution < -0.4 is 5.73 Å². The third-order valence-corrected chi connectivity index (χ3v) is 3.72. The van der Waals surface area contributed by atoms with Gasteiger partial charge in [-0.3, -0.25) is 0 Å². The third kappa shape index (κ3) is 1.17. The van der Waals surface area contributed by atoms with E-state index < -0.39 is 0 Å². The van der Waals surface area contributed by atoms with Crippen LogP contribution in [0.1, 0.15) is 43.3 Å². The van der Waals surface area contributed by atoms with E-state index in [1.807, 2.05) is 0 Å². The summed E-state index contributed by atoms with van der Waals surface area (Å²) >= 11 is 0. The molecule has 2 bridgehead atoms. The minimum atomic E-state index is 0.379. The molecule has 3 atom stereocenters. The molecule has 2 aliphatic carbocycles. The maximum Gasteiger partial charge on any atom is 0.230 e. The van der Waals surface area contributed by atoms with Gasteiger partial charge >= 0.3 is 0 Å².